The Labute approximate surface area is 185 Å². The molecule has 7 heteroatoms. The van der Waals surface area contributed by atoms with Crippen LogP contribution in [-0.4, -0.2) is 31.3 Å². The van der Waals surface area contributed by atoms with Crippen molar-refractivity contribution >= 4 is 45.3 Å². The van der Waals surface area contributed by atoms with Gasteiger partial charge in [-0.25, -0.2) is 5.43 Å². The first-order chi connectivity index (χ1) is 13.7. The monoisotopic (exact) mass is 477 g/mol. The Morgan fingerprint density at radius 1 is 1.38 bits per heavy atom. The van der Waals surface area contributed by atoms with Crippen molar-refractivity contribution in [2.24, 2.45) is 5.10 Å². The summed E-state index contributed by atoms with van der Waals surface area (Å²) in [6, 6.07) is 11.3. The van der Waals surface area contributed by atoms with E-state index in [4.69, 9.17) is 16.3 Å². The van der Waals surface area contributed by atoms with E-state index in [1.165, 1.54) is 5.56 Å². The molecule has 0 bridgehead atoms. The molecule has 0 saturated carbocycles. The molecule has 1 aliphatic rings. The zero-order valence-electron chi connectivity index (χ0n) is 17.0. The molecule has 1 unspecified atom stereocenters. The molecule has 29 heavy (non-hydrogen) atoms. The molecule has 0 aliphatic carbocycles. The van der Waals surface area contributed by atoms with Crippen molar-refractivity contribution in [2.45, 2.75) is 38.6 Å². The Morgan fingerprint density at radius 3 is 2.76 bits per heavy atom. The van der Waals surface area contributed by atoms with E-state index in [1.807, 2.05) is 18.2 Å². The molecule has 1 aliphatic heterocycles. The maximum Gasteiger partial charge on any atom is 0.277 e. The quantitative estimate of drug-likeness (QED) is 0.465. The van der Waals surface area contributed by atoms with Gasteiger partial charge in [0.05, 0.1) is 11.2 Å². The third-order valence-corrected chi connectivity index (χ3v) is 6.18. The van der Waals surface area contributed by atoms with Crippen LogP contribution in [0, 0.1) is 0 Å². The van der Waals surface area contributed by atoms with Crippen LogP contribution in [0.1, 0.15) is 44.2 Å². The Morgan fingerprint density at radius 2 is 2.07 bits per heavy atom. The number of hydrazone groups is 1. The number of nitrogens with one attached hydrogen (secondary N) is 1. The van der Waals surface area contributed by atoms with Crippen LogP contribution in [-0.2, 0) is 4.79 Å². The molecule has 3 rings (SSSR count). The number of rotatable bonds is 5. The molecule has 1 N–H and O–H groups in total. The SMILES string of the molecule is CC1CC(C)(C)N(C)c2cc(Cl)c(/C=N\NC(=O)COc3ccc(Br)cc3)cc21. The second-order valence-corrected chi connectivity index (χ2v) is 9.27. The lowest BCUT2D eigenvalue weighted by molar-refractivity contribution is -0.123. The van der Waals surface area contributed by atoms with E-state index in [0.717, 1.165) is 22.1 Å². The Bertz CT molecular complexity index is 928. The lowest BCUT2D eigenvalue weighted by Crippen LogP contribution is -2.45. The highest BCUT2D eigenvalue weighted by Crippen LogP contribution is 2.44. The lowest BCUT2D eigenvalue weighted by Gasteiger charge is -2.45. The first kappa shape index (κ1) is 21.7. The van der Waals surface area contributed by atoms with Crippen molar-refractivity contribution in [3.05, 3.63) is 57.0 Å². The fourth-order valence-corrected chi connectivity index (χ4v) is 4.06. The van der Waals surface area contributed by atoms with Gasteiger partial charge in [-0.3, -0.25) is 4.79 Å². The minimum Gasteiger partial charge on any atom is -0.484 e. The topological polar surface area (TPSA) is 53.9 Å². The smallest absolute Gasteiger partial charge is 0.277 e. The molecule has 1 heterocycles. The minimum absolute atomic E-state index is 0.0775. The Balaban J connectivity index is 1.64. The van der Waals surface area contributed by atoms with Crippen LogP contribution in [0.3, 0.4) is 0 Å². The van der Waals surface area contributed by atoms with Crippen LogP contribution in [0.2, 0.25) is 5.02 Å². The number of amides is 1. The molecule has 0 aromatic heterocycles. The van der Waals surface area contributed by atoms with Crippen molar-refractivity contribution < 1.29 is 9.53 Å². The van der Waals surface area contributed by atoms with Crippen LogP contribution in [0.5, 0.6) is 5.75 Å². The maximum absolute atomic E-state index is 12.0. The highest BCUT2D eigenvalue weighted by molar-refractivity contribution is 9.10. The number of nitrogens with zero attached hydrogens (tertiary/aromatic N) is 2. The van der Waals surface area contributed by atoms with Gasteiger partial charge in [-0.1, -0.05) is 34.5 Å². The summed E-state index contributed by atoms with van der Waals surface area (Å²) in [5.74, 6) is 0.689. The average molecular weight is 479 g/mol. The van der Waals surface area contributed by atoms with Crippen LogP contribution in [0.4, 0.5) is 5.69 Å². The fourth-order valence-electron chi connectivity index (χ4n) is 3.59. The van der Waals surface area contributed by atoms with Crippen molar-refractivity contribution in [1.29, 1.82) is 0 Å². The molecule has 0 fully saturated rings. The second kappa shape index (κ2) is 8.76. The van der Waals surface area contributed by atoms with Gasteiger partial charge in [0.1, 0.15) is 5.75 Å². The van der Waals surface area contributed by atoms with Gasteiger partial charge in [0.25, 0.3) is 5.91 Å². The standard InChI is InChI=1S/C22H25BrClN3O2/c1-14-11-22(2,3)27(4)20-10-19(24)15(9-18(14)20)12-25-26-21(28)13-29-17-7-5-16(23)6-8-17/h5-10,12,14H,11,13H2,1-4H3,(H,26,28)/b25-12-. The number of fused-ring (bicyclic) bond motifs is 1. The number of carbonyl (C=O) groups is 1. The largest absolute Gasteiger partial charge is 0.484 e. The highest BCUT2D eigenvalue weighted by atomic mass is 79.9. The van der Waals surface area contributed by atoms with Gasteiger partial charge in [0.2, 0.25) is 0 Å². The molecule has 2 aromatic carbocycles. The molecule has 0 radical (unpaired) electrons. The molecule has 0 spiro atoms. The van der Waals surface area contributed by atoms with E-state index in [0.29, 0.717) is 16.7 Å². The Hall–Kier alpha value is -2.05. The number of ether oxygens (including phenoxy) is 1. The molecular formula is C22H25BrClN3O2. The molecular weight excluding hydrogens is 454 g/mol. The van der Waals surface area contributed by atoms with E-state index in [9.17, 15) is 4.79 Å². The number of anilines is 1. The lowest BCUT2D eigenvalue weighted by atomic mass is 9.80. The summed E-state index contributed by atoms with van der Waals surface area (Å²) < 4.78 is 6.38. The zero-order chi connectivity index (χ0) is 21.2. The Kier molecular flexibility index (Phi) is 6.54. The van der Waals surface area contributed by atoms with Gasteiger partial charge in [-0.15, -0.1) is 0 Å². The fraction of sp³-hybridized carbons (Fsp3) is 0.364. The highest BCUT2D eigenvalue weighted by Gasteiger charge is 2.34. The minimum atomic E-state index is -0.340. The molecule has 2 aromatic rings. The van der Waals surface area contributed by atoms with E-state index >= 15 is 0 Å². The van der Waals surface area contributed by atoms with Gasteiger partial charge in [-0.05, 0) is 68.1 Å². The van der Waals surface area contributed by atoms with Crippen LogP contribution < -0.4 is 15.1 Å². The number of hydrogen-bond acceptors (Lipinski definition) is 4. The number of benzene rings is 2. The predicted molar refractivity (Wildman–Crippen MR) is 122 cm³/mol. The third kappa shape index (κ3) is 5.11. The molecule has 5 nitrogen and oxygen atoms in total. The summed E-state index contributed by atoms with van der Waals surface area (Å²) in [5.41, 5.74) is 5.72. The van der Waals surface area contributed by atoms with E-state index < -0.39 is 0 Å². The summed E-state index contributed by atoms with van der Waals surface area (Å²) in [4.78, 5) is 14.2. The second-order valence-electron chi connectivity index (χ2n) is 7.94. The first-order valence-corrected chi connectivity index (χ1v) is 10.6. The van der Waals surface area contributed by atoms with E-state index in [2.05, 4.69) is 65.2 Å². The zero-order valence-corrected chi connectivity index (χ0v) is 19.3. The predicted octanol–water partition coefficient (Wildman–Crippen LogP) is 5.35. The molecule has 0 saturated heterocycles. The first-order valence-electron chi connectivity index (χ1n) is 9.45. The summed E-state index contributed by atoms with van der Waals surface area (Å²) in [6.45, 7) is 6.58. The number of carbonyl (C=O) groups excluding carboxylic acids is 1. The summed E-state index contributed by atoms with van der Waals surface area (Å²) in [7, 11) is 2.10. The van der Waals surface area contributed by atoms with Gasteiger partial charge in [-0.2, -0.15) is 5.10 Å². The molecule has 1 amide bonds. The maximum atomic E-state index is 12.0. The third-order valence-electron chi connectivity index (χ3n) is 5.33. The summed E-state index contributed by atoms with van der Waals surface area (Å²) in [6.07, 6.45) is 2.63. The molecule has 1 atom stereocenters. The van der Waals surface area contributed by atoms with Gasteiger partial charge >= 0.3 is 0 Å². The van der Waals surface area contributed by atoms with Crippen LogP contribution >= 0.6 is 27.5 Å². The van der Waals surface area contributed by atoms with E-state index in [1.54, 1.807) is 18.3 Å². The van der Waals surface area contributed by atoms with Gasteiger partial charge < -0.3 is 9.64 Å². The number of hydrogen-bond donors (Lipinski definition) is 1. The van der Waals surface area contributed by atoms with Crippen molar-refractivity contribution in [1.82, 2.24) is 5.43 Å². The van der Waals surface area contributed by atoms with Crippen molar-refractivity contribution in [2.75, 3.05) is 18.6 Å². The molecule has 154 valence electrons. The van der Waals surface area contributed by atoms with E-state index in [-0.39, 0.29) is 18.1 Å². The van der Waals surface area contributed by atoms with Crippen molar-refractivity contribution in [3.8, 4) is 5.75 Å². The van der Waals surface area contributed by atoms with Gasteiger partial charge in [0, 0.05) is 28.3 Å². The van der Waals surface area contributed by atoms with Gasteiger partial charge in [0.15, 0.2) is 6.61 Å². The van der Waals surface area contributed by atoms with Crippen LogP contribution in [0.15, 0.2) is 46.0 Å². The average Bonchev–Trinajstić information content (AvgIpc) is 2.66. The van der Waals surface area contributed by atoms with Crippen LogP contribution in [0.25, 0.3) is 0 Å². The summed E-state index contributed by atoms with van der Waals surface area (Å²) >= 11 is 9.83. The normalized spacial score (nSPS) is 17.9. The van der Waals surface area contributed by atoms with Crippen molar-refractivity contribution in [3.63, 3.8) is 0 Å². The number of halogens is 2. The summed E-state index contributed by atoms with van der Waals surface area (Å²) in [5, 5.41) is 4.64.